The Morgan fingerprint density at radius 1 is 1.04 bits per heavy atom. The maximum atomic E-state index is 12.1. The van der Waals surface area contributed by atoms with Crippen LogP contribution in [0.3, 0.4) is 0 Å². The van der Waals surface area contributed by atoms with Crippen LogP contribution in [0, 0.1) is 6.92 Å². The van der Waals surface area contributed by atoms with E-state index in [0.717, 1.165) is 5.56 Å². The quantitative estimate of drug-likeness (QED) is 0.586. The van der Waals surface area contributed by atoms with E-state index >= 15 is 0 Å². The lowest BCUT2D eigenvalue weighted by molar-refractivity contribution is 0.0695. The molecule has 2 N–H and O–H groups in total. The van der Waals surface area contributed by atoms with Gasteiger partial charge in [-0.05, 0) is 36.2 Å². The van der Waals surface area contributed by atoms with Crippen LogP contribution in [0.25, 0.3) is 0 Å². The van der Waals surface area contributed by atoms with Crippen molar-refractivity contribution < 1.29 is 19.5 Å². The van der Waals surface area contributed by atoms with Crippen LogP contribution in [-0.2, 0) is 6.54 Å². The molecule has 0 aliphatic rings. The van der Waals surface area contributed by atoms with Gasteiger partial charge in [-0.3, -0.25) is 9.59 Å². The average molecular weight is 390 g/mol. The summed E-state index contributed by atoms with van der Waals surface area (Å²) in [6.07, 6.45) is 0. The summed E-state index contributed by atoms with van der Waals surface area (Å²) in [4.78, 5) is 34.6. The number of nitrogens with one attached hydrogen (secondary N) is 1. The Morgan fingerprint density at radius 2 is 1.67 bits per heavy atom. The minimum atomic E-state index is -0.971. The van der Waals surface area contributed by atoms with Crippen LogP contribution in [0.15, 0.2) is 42.5 Å². The first-order valence-electron chi connectivity index (χ1n) is 7.22. The predicted octanol–water partition coefficient (Wildman–Crippen LogP) is 3.20. The zero-order chi connectivity index (χ0) is 17.7. The summed E-state index contributed by atoms with van der Waals surface area (Å²) in [6.45, 7) is 2.01. The van der Waals surface area contributed by atoms with E-state index in [4.69, 9.17) is 5.11 Å². The topological polar surface area (TPSA) is 83.5 Å². The summed E-state index contributed by atoms with van der Waals surface area (Å²) < 4.78 is 0. The molecule has 0 atom stereocenters. The summed E-state index contributed by atoms with van der Waals surface area (Å²) >= 11 is 3.10. The first-order valence-corrected chi connectivity index (χ1v) is 8.34. The SMILES string of the molecule is Cc1cc(CNC(=O)c2ccc(C(=O)CBr)cc2)ccc1C(=O)O. The van der Waals surface area contributed by atoms with Gasteiger partial charge in [0.05, 0.1) is 10.9 Å². The van der Waals surface area contributed by atoms with Crippen molar-refractivity contribution in [2.75, 3.05) is 5.33 Å². The van der Waals surface area contributed by atoms with Crippen LogP contribution in [-0.4, -0.2) is 28.1 Å². The molecule has 2 aromatic rings. The number of amides is 1. The molecule has 6 heteroatoms. The number of carboxylic acids is 1. The summed E-state index contributed by atoms with van der Waals surface area (Å²) in [5.41, 5.74) is 2.71. The van der Waals surface area contributed by atoms with Gasteiger partial charge in [-0.1, -0.05) is 40.2 Å². The van der Waals surface area contributed by atoms with Crippen molar-refractivity contribution in [3.63, 3.8) is 0 Å². The highest BCUT2D eigenvalue weighted by atomic mass is 79.9. The number of ketones is 1. The molecule has 0 aromatic heterocycles. The number of carbonyl (C=O) groups is 3. The third-order valence-electron chi connectivity index (χ3n) is 3.56. The van der Waals surface area contributed by atoms with Gasteiger partial charge in [0, 0.05) is 17.7 Å². The summed E-state index contributed by atoms with van der Waals surface area (Å²) in [5, 5.41) is 12.0. The lowest BCUT2D eigenvalue weighted by Crippen LogP contribution is -2.23. The van der Waals surface area contributed by atoms with Crippen molar-refractivity contribution in [1.82, 2.24) is 5.32 Å². The van der Waals surface area contributed by atoms with Crippen LogP contribution < -0.4 is 5.32 Å². The first kappa shape index (κ1) is 17.9. The number of aryl methyl sites for hydroxylation is 1. The molecule has 0 heterocycles. The van der Waals surface area contributed by atoms with Crippen molar-refractivity contribution in [3.05, 3.63) is 70.3 Å². The van der Waals surface area contributed by atoms with Gasteiger partial charge in [-0.2, -0.15) is 0 Å². The number of rotatable bonds is 6. The molecule has 124 valence electrons. The van der Waals surface area contributed by atoms with Crippen LogP contribution >= 0.6 is 15.9 Å². The van der Waals surface area contributed by atoms with E-state index in [-0.39, 0.29) is 22.6 Å². The fourth-order valence-corrected chi connectivity index (χ4v) is 2.57. The molecule has 0 spiro atoms. The Bertz CT molecular complexity index is 784. The first-order chi connectivity index (χ1) is 11.4. The van der Waals surface area contributed by atoms with Crippen LogP contribution in [0.4, 0.5) is 0 Å². The third-order valence-corrected chi connectivity index (χ3v) is 4.07. The number of benzene rings is 2. The second kappa shape index (κ2) is 7.88. The van der Waals surface area contributed by atoms with Crippen molar-refractivity contribution >= 4 is 33.6 Å². The average Bonchev–Trinajstić information content (AvgIpc) is 2.58. The Hall–Kier alpha value is -2.47. The van der Waals surface area contributed by atoms with E-state index in [2.05, 4.69) is 21.2 Å². The standard InChI is InChI=1S/C18H16BrNO4/c1-11-8-12(2-7-15(11)18(23)24)10-20-17(22)14-5-3-13(4-6-14)16(21)9-19/h2-8H,9-10H2,1H3,(H,20,22)(H,23,24). The van der Waals surface area contributed by atoms with Crippen molar-refractivity contribution in [3.8, 4) is 0 Å². The van der Waals surface area contributed by atoms with Gasteiger partial charge in [0.15, 0.2) is 5.78 Å². The van der Waals surface area contributed by atoms with E-state index in [9.17, 15) is 14.4 Å². The Kier molecular flexibility index (Phi) is 5.87. The van der Waals surface area contributed by atoms with Crippen LogP contribution in [0.1, 0.15) is 42.2 Å². The van der Waals surface area contributed by atoms with Gasteiger partial charge < -0.3 is 10.4 Å². The Balaban J connectivity index is 2.01. The molecule has 0 aliphatic heterocycles. The van der Waals surface area contributed by atoms with E-state index in [1.165, 1.54) is 6.07 Å². The number of hydrogen-bond acceptors (Lipinski definition) is 3. The van der Waals surface area contributed by atoms with Crippen molar-refractivity contribution in [2.45, 2.75) is 13.5 Å². The number of carboxylic acid groups (broad SMARTS) is 1. The summed E-state index contributed by atoms with van der Waals surface area (Å²) in [5.74, 6) is -1.27. The number of alkyl halides is 1. The highest BCUT2D eigenvalue weighted by Crippen LogP contribution is 2.12. The fraction of sp³-hybridized carbons (Fsp3) is 0.167. The molecule has 0 fully saturated rings. The van der Waals surface area contributed by atoms with E-state index in [0.29, 0.717) is 23.2 Å². The molecule has 2 rings (SSSR count). The lowest BCUT2D eigenvalue weighted by atomic mass is 10.0. The highest BCUT2D eigenvalue weighted by Gasteiger charge is 2.10. The fourth-order valence-electron chi connectivity index (χ4n) is 2.24. The van der Waals surface area contributed by atoms with Crippen LogP contribution in [0.5, 0.6) is 0 Å². The number of hydrogen-bond donors (Lipinski definition) is 2. The number of carbonyl (C=O) groups excluding carboxylic acids is 2. The monoisotopic (exact) mass is 389 g/mol. The molecule has 0 saturated carbocycles. The van der Waals surface area contributed by atoms with Gasteiger partial charge in [0.1, 0.15) is 0 Å². The van der Waals surface area contributed by atoms with Gasteiger partial charge >= 0.3 is 5.97 Å². The molecule has 0 bridgehead atoms. The zero-order valence-electron chi connectivity index (χ0n) is 13.0. The predicted molar refractivity (Wildman–Crippen MR) is 93.9 cm³/mol. The van der Waals surface area contributed by atoms with Crippen LogP contribution in [0.2, 0.25) is 0 Å². The molecule has 0 aliphatic carbocycles. The molecule has 0 radical (unpaired) electrons. The third kappa shape index (κ3) is 4.29. The Morgan fingerprint density at radius 3 is 2.21 bits per heavy atom. The molecule has 0 saturated heterocycles. The second-order valence-corrected chi connectivity index (χ2v) is 5.83. The van der Waals surface area contributed by atoms with E-state index in [1.807, 2.05) is 0 Å². The Labute approximate surface area is 147 Å². The molecule has 0 unspecified atom stereocenters. The summed E-state index contributed by atoms with van der Waals surface area (Å²) in [6, 6.07) is 11.4. The molecule has 1 amide bonds. The van der Waals surface area contributed by atoms with Crippen molar-refractivity contribution in [2.24, 2.45) is 0 Å². The largest absolute Gasteiger partial charge is 0.478 e. The second-order valence-electron chi connectivity index (χ2n) is 5.27. The number of Topliss-reactive ketones (excluding diaryl/α,β-unsaturated/α-hetero) is 1. The van der Waals surface area contributed by atoms with Gasteiger partial charge in [-0.15, -0.1) is 0 Å². The minimum absolute atomic E-state index is 0.0454. The normalized spacial score (nSPS) is 10.2. The number of aromatic carboxylic acids is 1. The minimum Gasteiger partial charge on any atom is -0.478 e. The smallest absolute Gasteiger partial charge is 0.335 e. The maximum Gasteiger partial charge on any atom is 0.335 e. The van der Waals surface area contributed by atoms with E-state index < -0.39 is 5.97 Å². The molecule has 5 nitrogen and oxygen atoms in total. The molecular formula is C18H16BrNO4. The maximum absolute atomic E-state index is 12.1. The number of halogens is 1. The summed E-state index contributed by atoms with van der Waals surface area (Å²) in [7, 11) is 0. The van der Waals surface area contributed by atoms with Gasteiger partial charge in [-0.25, -0.2) is 4.79 Å². The zero-order valence-corrected chi connectivity index (χ0v) is 14.6. The van der Waals surface area contributed by atoms with E-state index in [1.54, 1.807) is 43.3 Å². The molecule has 2 aromatic carbocycles. The molecule has 24 heavy (non-hydrogen) atoms. The van der Waals surface area contributed by atoms with Gasteiger partial charge in [0.2, 0.25) is 0 Å². The highest BCUT2D eigenvalue weighted by molar-refractivity contribution is 9.09. The van der Waals surface area contributed by atoms with Crippen molar-refractivity contribution in [1.29, 1.82) is 0 Å². The molecular weight excluding hydrogens is 374 g/mol. The van der Waals surface area contributed by atoms with Gasteiger partial charge in [0.25, 0.3) is 5.91 Å². The lowest BCUT2D eigenvalue weighted by Gasteiger charge is -2.08.